The summed E-state index contributed by atoms with van der Waals surface area (Å²) in [6, 6.07) is 0.967. The van der Waals surface area contributed by atoms with Gasteiger partial charge in [0.15, 0.2) is 6.04 Å². The molecule has 7 heteroatoms. The zero-order valence-corrected chi connectivity index (χ0v) is 15.5. The second kappa shape index (κ2) is 7.47. The number of carboxylic acid groups (broad SMARTS) is 1. The average Bonchev–Trinajstić information content (AvgIpc) is 2.68. The number of aliphatic imine (C=N–C) groups is 2. The summed E-state index contributed by atoms with van der Waals surface area (Å²) in [7, 11) is 0. The predicted molar refractivity (Wildman–Crippen MR) is 103 cm³/mol. The molecule has 2 heterocycles. The Morgan fingerprint density at radius 3 is 2.46 bits per heavy atom. The minimum atomic E-state index is -0.989. The van der Waals surface area contributed by atoms with Gasteiger partial charge in [-0.1, -0.05) is 18.2 Å². The average molecular weight is 383 g/mol. The minimum absolute atomic E-state index is 0.162. The van der Waals surface area contributed by atoms with Crippen LogP contribution in [-0.2, 0) is 4.79 Å². The lowest BCUT2D eigenvalue weighted by Crippen LogP contribution is -2.36. The van der Waals surface area contributed by atoms with Crippen molar-refractivity contribution in [3.63, 3.8) is 0 Å². The molecule has 0 radical (unpaired) electrons. The molecule has 0 amide bonds. The quantitative estimate of drug-likeness (QED) is 0.756. The van der Waals surface area contributed by atoms with Gasteiger partial charge in [0, 0.05) is 22.4 Å². The first-order valence-corrected chi connectivity index (χ1v) is 8.83. The SMILES string of the molecule is [C-]#[N+]c1c(F)ccc(C2CC=CC(C(C)(C)C3=NC(C(=O)O)CC=C3)=N2)c1F. The van der Waals surface area contributed by atoms with Gasteiger partial charge < -0.3 is 5.11 Å². The van der Waals surface area contributed by atoms with Crippen LogP contribution < -0.4 is 0 Å². The molecular formula is C21H19F2N3O2. The summed E-state index contributed by atoms with van der Waals surface area (Å²) in [4.78, 5) is 23.2. The summed E-state index contributed by atoms with van der Waals surface area (Å²) in [5.41, 5.74) is 0.0308. The summed E-state index contributed by atoms with van der Waals surface area (Å²) in [6.45, 7) is 10.7. The molecule has 0 fully saturated rings. The molecule has 0 aromatic heterocycles. The highest BCUT2D eigenvalue weighted by Gasteiger charge is 2.34. The van der Waals surface area contributed by atoms with E-state index in [1.165, 1.54) is 6.07 Å². The minimum Gasteiger partial charge on any atom is -0.480 e. The molecule has 0 aliphatic carbocycles. The van der Waals surface area contributed by atoms with Gasteiger partial charge in [-0.15, -0.1) is 0 Å². The maximum atomic E-state index is 14.6. The molecule has 144 valence electrons. The Kier molecular flexibility index (Phi) is 5.23. The number of carbonyl (C=O) groups is 1. The maximum Gasteiger partial charge on any atom is 0.328 e. The summed E-state index contributed by atoms with van der Waals surface area (Å²) < 4.78 is 28.2. The topological polar surface area (TPSA) is 66.4 Å². The van der Waals surface area contributed by atoms with E-state index >= 15 is 0 Å². The van der Waals surface area contributed by atoms with E-state index in [1.54, 1.807) is 12.2 Å². The monoisotopic (exact) mass is 383 g/mol. The van der Waals surface area contributed by atoms with Crippen LogP contribution in [0.2, 0.25) is 0 Å². The number of allylic oxidation sites excluding steroid dienone is 2. The van der Waals surface area contributed by atoms with Crippen LogP contribution in [0.1, 0.15) is 38.3 Å². The van der Waals surface area contributed by atoms with E-state index in [0.717, 1.165) is 6.07 Å². The van der Waals surface area contributed by atoms with Gasteiger partial charge in [0.05, 0.1) is 12.6 Å². The van der Waals surface area contributed by atoms with Crippen LogP contribution in [0.5, 0.6) is 0 Å². The van der Waals surface area contributed by atoms with Crippen LogP contribution in [-0.4, -0.2) is 28.5 Å². The van der Waals surface area contributed by atoms with Crippen molar-refractivity contribution in [1.82, 2.24) is 0 Å². The number of aliphatic carboxylic acids is 1. The fourth-order valence-electron chi connectivity index (χ4n) is 3.28. The number of benzene rings is 1. The Morgan fingerprint density at radius 2 is 1.82 bits per heavy atom. The van der Waals surface area contributed by atoms with Crippen molar-refractivity contribution in [2.45, 2.75) is 38.8 Å². The van der Waals surface area contributed by atoms with E-state index in [9.17, 15) is 18.7 Å². The lowest BCUT2D eigenvalue weighted by atomic mass is 9.79. The first kappa shape index (κ1) is 19.6. The molecule has 0 saturated heterocycles. The molecule has 2 unspecified atom stereocenters. The number of dihydropyridines is 2. The van der Waals surface area contributed by atoms with Gasteiger partial charge in [-0.05, 0) is 44.9 Å². The highest BCUT2D eigenvalue weighted by molar-refractivity contribution is 6.20. The number of carboxylic acids is 1. The van der Waals surface area contributed by atoms with Crippen LogP contribution in [0.4, 0.5) is 14.5 Å². The molecule has 1 N–H and O–H groups in total. The van der Waals surface area contributed by atoms with Crippen molar-refractivity contribution < 1.29 is 18.7 Å². The van der Waals surface area contributed by atoms with Crippen molar-refractivity contribution >= 4 is 23.1 Å². The van der Waals surface area contributed by atoms with Crippen LogP contribution in [0.25, 0.3) is 4.85 Å². The van der Waals surface area contributed by atoms with Crippen molar-refractivity contribution in [2.24, 2.45) is 15.4 Å². The number of hydrogen-bond acceptors (Lipinski definition) is 3. The highest BCUT2D eigenvalue weighted by atomic mass is 19.1. The van der Waals surface area contributed by atoms with Crippen LogP contribution in [0, 0.1) is 23.6 Å². The molecule has 0 saturated carbocycles. The molecule has 5 nitrogen and oxygen atoms in total. The molecule has 28 heavy (non-hydrogen) atoms. The zero-order chi connectivity index (χ0) is 20.5. The Morgan fingerprint density at radius 1 is 1.18 bits per heavy atom. The third-order valence-corrected chi connectivity index (χ3v) is 4.99. The smallest absolute Gasteiger partial charge is 0.328 e. The van der Waals surface area contributed by atoms with Gasteiger partial charge in [-0.3, -0.25) is 9.98 Å². The fraction of sp³-hybridized carbons (Fsp3) is 0.333. The maximum absolute atomic E-state index is 14.6. The second-order valence-corrected chi connectivity index (χ2v) is 7.21. The number of halogens is 2. The van der Waals surface area contributed by atoms with E-state index in [2.05, 4.69) is 14.8 Å². The van der Waals surface area contributed by atoms with E-state index in [-0.39, 0.29) is 5.56 Å². The normalized spacial score (nSPS) is 21.7. The Bertz CT molecular complexity index is 984. The van der Waals surface area contributed by atoms with Gasteiger partial charge in [-0.2, -0.15) is 0 Å². The van der Waals surface area contributed by atoms with Gasteiger partial charge in [0.2, 0.25) is 0 Å². The molecule has 2 aliphatic rings. The molecular weight excluding hydrogens is 364 g/mol. The fourth-order valence-corrected chi connectivity index (χ4v) is 3.28. The molecule has 1 aromatic rings. The lowest BCUT2D eigenvalue weighted by Gasteiger charge is -2.31. The molecule has 1 aromatic carbocycles. The second-order valence-electron chi connectivity index (χ2n) is 7.21. The van der Waals surface area contributed by atoms with Crippen molar-refractivity contribution in [3.8, 4) is 0 Å². The molecule has 2 atom stereocenters. The van der Waals surface area contributed by atoms with E-state index < -0.39 is 40.8 Å². The standard InChI is InChI=1S/C21H19F2N3O2/c1-21(2,17-9-5-7-15(26-17)20(27)28)16-8-4-6-14(25-16)12-10-11-13(22)19(24-3)18(12)23/h4-5,8-11,14-15H,6-7H2,1-2H3,(H,27,28). The van der Waals surface area contributed by atoms with E-state index in [1.807, 2.05) is 26.0 Å². The highest BCUT2D eigenvalue weighted by Crippen LogP contribution is 2.36. The summed E-state index contributed by atoms with van der Waals surface area (Å²) >= 11 is 0. The van der Waals surface area contributed by atoms with E-state index in [4.69, 9.17) is 6.57 Å². The third-order valence-electron chi connectivity index (χ3n) is 4.99. The number of rotatable bonds is 4. The summed E-state index contributed by atoms with van der Waals surface area (Å²) in [5, 5.41) is 9.24. The van der Waals surface area contributed by atoms with E-state index in [0.29, 0.717) is 24.3 Å². The zero-order valence-electron chi connectivity index (χ0n) is 15.5. The van der Waals surface area contributed by atoms with Gasteiger partial charge >= 0.3 is 5.97 Å². The largest absolute Gasteiger partial charge is 0.480 e. The number of hydrogen-bond donors (Lipinski definition) is 1. The Hall–Kier alpha value is -3.14. The molecule has 3 rings (SSSR count). The molecule has 0 bridgehead atoms. The number of nitrogens with zero attached hydrogens (tertiary/aromatic N) is 3. The molecule has 0 spiro atoms. The Labute approximate surface area is 161 Å². The molecule has 2 aliphatic heterocycles. The predicted octanol–water partition coefficient (Wildman–Crippen LogP) is 4.84. The van der Waals surface area contributed by atoms with Gasteiger partial charge in [0.1, 0.15) is 11.6 Å². The van der Waals surface area contributed by atoms with Crippen molar-refractivity contribution in [3.05, 3.63) is 65.1 Å². The van der Waals surface area contributed by atoms with Crippen LogP contribution in [0.15, 0.2) is 46.4 Å². The lowest BCUT2D eigenvalue weighted by molar-refractivity contribution is -0.138. The van der Waals surface area contributed by atoms with Crippen LogP contribution >= 0.6 is 0 Å². The Balaban J connectivity index is 1.98. The summed E-state index contributed by atoms with van der Waals surface area (Å²) in [5.74, 6) is -2.78. The third kappa shape index (κ3) is 3.50. The van der Waals surface area contributed by atoms with Crippen molar-refractivity contribution in [2.75, 3.05) is 0 Å². The summed E-state index contributed by atoms with van der Waals surface area (Å²) in [6.07, 6.45) is 7.97. The first-order chi connectivity index (χ1) is 13.3. The van der Waals surface area contributed by atoms with Crippen LogP contribution in [0.3, 0.4) is 0 Å². The van der Waals surface area contributed by atoms with Gasteiger partial charge in [-0.25, -0.2) is 18.4 Å². The van der Waals surface area contributed by atoms with Crippen molar-refractivity contribution in [1.29, 1.82) is 0 Å². The van der Waals surface area contributed by atoms with Gasteiger partial charge in [0.25, 0.3) is 5.69 Å². The first-order valence-electron chi connectivity index (χ1n) is 8.83.